The van der Waals surface area contributed by atoms with E-state index in [0.717, 1.165) is 0 Å². The van der Waals surface area contributed by atoms with Gasteiger partial charge in [0, 0.05) is 6.54 Å². The lowest BCUT2D eigenvalue weighted by molar-refractivity contribution is -0.161. The third-order valence-electron chi connectivity index (χ3n) is 6.22. The summed E-state index contributed by atoms with van der Waals surface area (Å²) < 4.78 is 82.6. The van der Waals surface area contributed by atoms with Crippen LogP contribution in [0.3, 0.4) is 0 Å². The van der Waals surface area contributed by atoms with Crippen molar-refractivity contribution in [3.05, 3.63) is 59.2 Å². The van der Waals surface area contributed by atoms with Gasteiger partial charge in [-0.05, 0) is 59.4 Å². The number of halogens is 6. The predicted molar refractivity (Wildman–Crippen MR) is 117 cm³/mol. The summed E-state index contributed by atoms with van der Waals surface area (Å²) in [5.74, 6) is -3.80. The van der Waals surface area contributed by atoms with Crippen molar-refractivity contribution in [3.63, 3.8) is 0 Å². The zero-order valence-corrected chi connectivity index (χ0v) is 18.8. The first kappa shape index (κ1) is 26.1. The SMILES string of the molecule is CC(C)CC(C(=O)O)c1cc(-c2ccccc2)cc(C2CCC(C(F)(F)F)NC2)c1C(F)(F)F. The number of piperidine rings is 1. The second-order valence-corrected chi connectivity index (χ2v) is 9.19. The molecule has 3 rings (SSSR count). The lowest BCUT2D eigenvalue weighted by Gasteiger charge is -2.34. The Bertz CT molecular complexity index is 993. The molecule has 0 spiro atoms. The van der Waals surface area contributed by atoms with Crippen LogP contribution in [-0.4, -0.2) is 29.8 Å². The molecule has 1 heterocycles. The van der Waals surface area contributed by atoms with E-state index in [0.29, 0.717) is 11.1 Å². The van der Waals surface area contributed by atoms with Crippen LogP contribution in [0, 0.1) is 5.92 Å². The van der Waals surface area contributed by atoms with Gasteiger partial charge in [0.2, 0.25) is 0 Å². The molecule has 3 atom stereocenters. The monoisotopic (exact) mass is 487 g/mol. The molecule has 1 aliphatic rings. The summed E-state index contributed by atoms with van der Waals surface area (Å²) in [5, 5.41) is 12.2. The molecule has 0 radical (unpaired) electrons. The first-order chi connectivity index (χ1) is 15.8. The lowest BCUT2D eigenvalue weighted by atomic mass is 9.78. The van der Waals surface area contributed by atoms with Crippen molar-refractivity contribution in [1.82, 2.24) is 5.32 Å². The number of carbonyl (C=O) groups is 1. The molecule has 3 unspecified atom stereocenters. The molecule has 1 saturated heterocycles. The van der Waals surface area contributed by atoms with Crippen LogP contribution in [0.4, 0.5) is 26.3 Å². The second-order valence-electron chi connectivity index (χ2n) is 9.19. The number of carboxylic acids is 1. The third-order valence-corrected chi connectivity index (χ3v) is 6.22. The Balaban J connectivity index is 2.21. The zero-order valence-electron chi connectivity index (χ0n) is 18.8. The smallest absolute Gasteiger partial charge is 0.416 e. The molecular formula is C25H27F6NO2. The largest absolute Gasteiger partial charge is 0.481 e. The maximum atomic E-state index is 14.4. The molecule has 0 saturated carbocycles. The third kappa shape index (κ3) is 5.92. The minimum Gasteiger partial charge on any atom is -0.481 e. The van der Waals surface area contributed by atoms with Crippen LogP contribution in [0.25, 0.3) is 11.1 Å². The number of benzene rings is 2. The average Bonchev–Trinajstić information content (AvgIpc) is 2.75. The molecule has 3 nitrogen and oxygen atoms in total. The molecule has 2 N–H and O–H groups in total. The zero-order chi connectivity index (χ0) is 25.3. The number of alkyl halides is 6. The fraction of sp³-hybridized carbons (Fsp3) is 0.480. The quantitative estimate of drug-likeness (QED) is 0.432. The van der Waals surface area contributed by atoms with Crippen LogP contribution in [0.5, 0.6) is 0 Å². The summed E-state index contributed by atoms with van der Waals surface area (Å²) in [6.45, 7) is 3.17. The highest BCUT2D eigenvalue weighted by atomic mass is 19.4. The number of hydrogen-bond acceptors (Lipinski definition) is 2. The van der Waals surface area contributed by atoms with E-state index in [1.54, 1.807) is 44.2 Å². The van der Waals surface area contributed by atoms with Gasteiger partial charge in [0.15, 0.2) is 0 Å². The topological polar surface area (TPSA) is 49.3 Å². The molecule has 0 amide bonds. The molecule has 34 heavy (non-hydrogen) atoms. The van der Waals surface area contributed by atoms with E-state index in [2.05, 4.69) is 5.32 Å². The van der Waals surface area contributed by atoms with Crippen LogP contribution in [0.2, 0.25) is 0 Å². The highest BCUT2D eigenvalue weighted by molar-refractivity contribution is 5.79. The Morgan fingerprint density at radius 3 is 2.15 bits per heavy atom. The van der Waals surface area contributed by atoms with E-state index in [1.165, 1.54) is 12.1 Å². The van der Waals surface area contributed by atoms with Crippen LogP contribution in [-0.2, 0) is 11.0 Å². The summed E-state index contributed by atoms with van der Waals surface area (Å²) in [7, 11) is 0. The van der Waals surface area contributed by atoms with E-state index in [-0.39, 0.29) is 42.9 Å². The fourth-order valence-corrected chi connectivity index (χ4v) is 4.64. The number of aliphatic carboxylic acids is 1. The number of nitrogens with one attached hydrogen (secondary N) is 1. The van der Waals surface area contributed by atoms with Crippen LogP contribution in [0.15, 0.2) is 42.5 Å². The van der Waals surface area contributed by atoms with Gasteiger partial charge in [-0.25, -0.2) is 0 Å². The van der Waals surface area contributed by atoms with Gasteiger partial charge in [0.05, 0.1) is 11.5 Å². The maximum Gasteiger partial charge on any atom is 0.416 e. The van der Waals surface area contributed by atoms with E-state index < -0.39 is 41.8 Å². The van der Waals surface area contributed by atoms with E-state index >= 15 is 0 Å². The molecular weight excluding hydrogens is 460 g/mol. The summed E-state index contributed by atoms with van der Waals surface area (Å²) in [5.41, 5.74) is -0.539. The normalized spacial score (nSPS) is 20.4. The predicted octanol–water partition coefficient (Wildman–Crippen LogP) is 6.98. The maximum absolute atomic E-state index is 14.4. The number of carboxylic acid groups (broad SMARTS) is 1. The molecule has 0 bridgehead atoms. The molecule has 1 aliphatic heterocycles. The highest BCUT2D eigenvalue weighted by Crippen LogP contribution is 2.46. The Kier molecular flexibility index (Phi) is 7.65. The van der Waals surface area contributed by atoms with Crippen molar-refractivity contribution in [2.24, 2.45) is 5.92 Å². The molecule has 0 aromatic heterocycles. The fourth-order valence-electron chi connectivity index (χ4n) is 4.64. The molecule has 2 aromatic carbocycles. The minimum absolute atomic E-state index is 0.00480. The molecule has 0 aliphatic carbocycles. The number of hydrogen-bond donors (Lipinski definition) is 2. The van der Waals surface area contributed by atoms with Crippen LogP contribution >= 0.6 is 0 Å². The van der Waals surface area contributed by atoms with Gasteiger partial charge in [-0.15, -0.1) is 0 Å². The van der Waals surface area contributed by atoms with Gasteiger partial charge in [-0.1, -0.05) is 50.2 Å². The van der Waals surface area contributed by atoms with E-state index in [4.69, 9.17) is 0 Å². The summed E-state index contributed by atoms with van der Waals surface area (Å²) in [6, 6.07) is 9.43. The minimum atomic E-state index is -4.87. The van der Waals surface area contributed by atoms with Crippen molar-refractivity contribution in [2.45, 2.75) is 63.3 Å². The highest BCUT2D eigenvalue weighted by Gasteiger charge is 2.45. The summed E-state index contributed by atoms with van der Waals surface area (Å²) in [6.07, 6.45) is -9.81. The van der Waals surface area contributed by atoms with E-state index in [1.807, 2.05) is 0 Å². The van der Waals surface area contributed by atoms with Crippen molar-refractivity contribution >= 4 is 5.97 Å². The van der Waals surface area contributed by atoms with Gasteiger partial charge in [-0.2, -0.15) is 26.3 Å². The molecule has 2 aromatic rings. The average molecular weight is 487 g/mol. The van der Waals surface area contributed by atoms with Gasteiger partial charge >= 0.3 is 18.3 Å². The molecule has 186 valence electrons. The molecule has 1 fully saturated rings. The second kappa shape index (κ2) is 9.98. The van der Waals surface area contributed by atoms with Crippen molar-refractivity contribution in [1.29, 1.82) is 0 Å². The first-order valence-electron chi connectivity index (χ1n) is 11.1. The van der Waals surface area contributed by atoms with E-state index in [9.17, 15) is 36.2 Å². The van der Waals surface area contributed by atoms with Crippen LogP contribution in [0.1, 0.15) is 61.6 Å². The number of rotatable bonds is 6. The van der Waals surface area contributed by atoms with Gasteiger partial charge in [-0.3, -0.25) is 4.79 Å². The summed E-state index contributed by atoms with van der Waals surface area (Å²) in [4.78, 5) is 12.1. The van der Waals surface area contributed by atoms with Crippen LogP contribution < -0.4 is 5.32 Å². The lowest BCUT2D eigenvalue weighted by Crippen LogP contribution is -2.47. The molecule has 9 heteroatoms. The van der Waals surface area contributed by atoms with Gasteiger partial charge in [0.25, 0.3) is 0 Å². The van der Waals surface area contributed by atoms with Gasteiger partial charge < -0.3 is 10.4 Å². The van der Waals surface area contributed by atoms with Gasteiger partial charge in [0.1, 0.15) is 6.04 Å². The Morgan fingerprint density at radius 2 is 1.68 bits per heavy atom. The Labute approximate surface area is 194 Å². The Morgan fingerprint density at radius 1 is 1.03 bits per heavy atom. The van der Waals surface area contributed by atoms with Crippen molar-refractivity contribution in [2.75, 3.05) is 6.54 Å². The van der Waals surface area contributed by atoms with Crippen molar-refractivity contribution < 1.29 is 36.2 Å². The first-order valence-corrected chi connectivity index (χ1v) is 11.1. The summed E-state index contributed by atoms with van der Waals surface area (Å²) >= 11 is 0. The Hall–Kier alpha value is -2.55. The van der Waals surface area contributed by atoms with Crippen molar-refractivity contribution in [3.8, 4) is 11.1 Å². The standard InChI is InChI=1S/C25H27F6NO2/c1-14(2)10-20(23(33)34)19-12-17(15-6-4-3-5-7-15)11-18(22(19)25(29,30)31)16-8-9-21(32-13-16)24(26,27)28/h3-7,11-12,14,16,20-21,32H,8-10,13H2,1-2H3,(H,33,34).